The third kappa shape index (κ3) is 3.43. The summed E-state index contributed by atoms with van der Waals surface area (Å²) >= 11 is 0. The minimum absolute atomic E-state index is 0.464. The third-order valence-corrected chi connectivity index (χ3v) is 6.19. The van der Waals surface area contributed by atoms with Crippen molar-refractivity contribution in [1.29, 1.82) is 0 Å². The van der Waals surface area contributed by atoms with Gasteiger partial charge in [0.05, 0.1) is 16.6 Å². The first-order valence-electron chi connectivity index (χ1n) is 9.00. The summed E-state index contributed by atoms with van der Waals surface area (Å²) < 4.78 is 7.85. The molecule has 2 aromatic carbocycles. The highest BCUT2D eigenvalue weighted by molar-refractivity contribution is 6.76. The molecule has 0 atom stereocenters. The van der Waals surface area contributed by atoms with Gasteiger partial charge in [-0.25, -0.2) is 9.67 Å². The van der Waals surface area contributed by atoms with Gasteiger partial charge in [0.15, 0.2) is 5.82 Å². The molecule has 5 nitrogen and oxygen atoms in total. The number of imidazole rings is 1. The Kier molecular flexibility index (Phi) is 4.38. The van der Waals surface area contributed by atoms with Crippen LogP contribution in [-0.2, 0) is 11.5 Å². The topological polar surface area (TPSA) is 55.7 Å². The van der Waals surface area contributed by atoms with Crippen molar-refractivity contribution < 1.29 is 4.74 Å². The fourth-order valence-corrected chi connectivity index (χ4v) is 3.75. The number of para-hydroxylation sites is 3. The van der Waals surface area contributed by atoms with Crippen molar-refractivity contribution in [1.82, 2.24) is 19.7 Å². The molecule has 0 aliphatic carbocycles. The van der Waals surface area contributed by atoms with E-state index in [1.54, 1.807) is 0 Å². The standard InChI is InChI=1S/C20H24N4OSi/c1-26(2,3)13-12-25-14-24-18-11-7-4-8-15(18)19(23-24)20-21-16-9-5-6-10-17(16)22-20/h4-11H,12-14H2,1-3H3,(H,21,22). The van der Waals surface area contributed by atoms with Gasteiger partial charge in [0.25, 0.3) is 0 Å². The van der Waals surface area contributed by atoms with Crippen LogP contribution >= 0.6 is 0 Å². The third-order valence-electron chi connectivity index (χ3n) is 4.48. The van der Waals surface area contributed by atoms with Crippen molar-refractivity contribution in [2.75, 3.05) is 6.61 Å². The number of fused-ring (bicyclic) bond motifs is 2. The van der Waals surface area contributed by atoms with E-state index in [-0.39, 0.29) is 0 Å². The molecule has 0 bridgehead atoms. The van der Waals surface area contributed by atoms with Gasteiger partial charge in [0.2, 0.25) is 0 Å². The number of aromatic amines is 1. The van der Waals surface area contributed by atoms with E-state index in [0.717, 1.165) is 46.1 Å². The molecule has 4 aromatic rings. The van der Waals surface area contributed by atoms with Crippen molar-refractivity contribution >= 4 is 30.0 Å². The number of rotatable bonds is 6. The molecule has 6 heteroatoms. The van der Waals surface area contributed by atoms with Crippen LogP contribution < -0.4 is 0 Å². The number of aromatic nitrogens is 4. The zero-order valence-corrected chi connectivity index (χ0v) is 16.5. The van der Waals surface area contributed by atoms with Crippen molar-refractivity contribution in [3.05, 3.63) is 48.5 Å². The molecule has 0 saturated carbocycles. The van der Waals surface area contributed by atoms with Crippen LogP contribution in [0.25, 0.3) is 33.5 Å². The van der Waals surface area contributed by atoms with Gasteiger partial charge >= 0.3 is 0 Å². The Hall–Kier alpha value is -2.44. The van der Waals surface area contributed by atoms with Crippen molar-refractivity contribution in [2.45, 2.75) is 32.4 Å². The summed E-state index contributed by atoms with van der Waals surface area (Å²) in [5, 5.41) is 5.88. The fraction of sp³-hybridized carbons (Fsp3) is 0.300. The second-order valence-corrected chi connectivity index (χ2v) is 13.4. The van der Waals surface area contributed by atoms with Crippen LogP contribution in [0.5, 0.6) is 0 Å². The molecule has 0 fully saturated rings. The van der Waals surface area contributed by atoms with E-state index in [0.29, 0.717) is 6.73 Å². The second kappa shape index (κ2) is 6.70. The van der Waals surface area contributed by atoms with E-state index in [1.807, 2.05) is 41.1 Å². The molecule has 1 N–H and O–H groups in total. The Bertz CT molecular complexity index is 1010. The SMILES string of the molecule is C[Si](C)(C)CCOCn1nc(-c2nc3ccccc3[nH]2)c2ccccc21. The van der Waals surface area contributed by atoms with Gasteiger partial charge in [0, 0.05) is 20.1 Å². The molecule has 0 radical (unpaired) electrons. The van der Waals surface area contributed by atoms with E-state index < -0.39 is 8.07 Å². The first-order valence-corrected chi connectivity index (χ1v) is 12.7. The molecule has 2 heterocycles. The smallest absolute Gasteiger partial charge is 0.159 e. The van der Waals surface area contributed by atoms with Gasteiger partial charge in [-0.15, -0.1) is 0 Å². The summed E-state index contributed by atoms with van der Waals surface area (Å²) in [5.74, 6) is 0.795. The van der Waals surface area contributed by atoms with Crippen LogP contribution in [0.1, 0.15) is 0 Å². The Morgan fingerprint density at radius 1 is 1.04 bits per heavy atom. The van der Waals surface area contributed by atoms with E-state index in [1.165, 1.54) is 0 Å². The maximum Gasteiger partial charge on any atom is 0.159 e. The van der Waals surface area contributed by atoms with Gasteiger partial charge < -0.3 is 9.72 Å². The van der Waals surface area contributed by atoms with E-state index in [4.69, 9.17) is 14.8 Å². The number of H-pyrrole nitrogens is 1. The van der Waals surface area contributed by atoms with E-state index >= 15 is 0 Å². The van der Waals surface area contributed by atoms with Crippen LogP contribution in [0, 0.1) is 0 Å². The summed E-state index contributed by atoms with van der Waals surface area (Å²) in [7, 11) is -1.09. The second-order valence-electron chi connectivity index (χ2n) is 7.82. The van der Waals surface area contributed by atoms with Gasteiger partial charge in [-0.05, 0) is 24.2 Å². The summed E-state index contributed by atoms with van der Waals surface area (Å²) in [6, 6.07) is 17.4. The summed E-state index contributed by atoms with van der Waals surface area (Å²) in [5.41, 5.74) is 3.90. The average molecular weight is 365 g/mol. The summed E-state index contributed by atoms with van der Waals surface area (Å²) in [6.07, 6.45) is 0. The first kappa shape index (κ1) is 17.0. The first-order chi connectivity index (χ1) is 12.5. The highest BCUT2D eigenvalue weighted by Crippen LogP contribution is 2.27. The van der Waals surface area contributed by atoms with Crippen molar-refractivity contribution in [3.63, 3.8) is 0 Å². The lowest BCUT2D eigenvalue weighted by atomic mass is 10.2. The van der Waals surface area contributed by atoms with Gasteiger partial charge in [-0.2, -0.15) is 5.10 Å². The average Bonchev–Trinajstić information content (AvgIpc) is 3.19. The lowest BCUT2D eigenvalue weighted by molar-refractivity contribution is 0.0818. The Morgan fingerprint density at radius 3 is 2.62 bits per heavy atom. The Labute approximate surface area is 154 Å². The molecule has 0 aliphatic rings. The fourth-order valence-electron chi connectivity index (χ4n) is 3.00. The van der Waals surface area contributed by atoms with Gasteiger partial charge in [-0.3, -0.25) is 0 Å². The molecule has 0 unspecified atom stereocenters. The number of hydrogen-bond acceptors (Lipinski definition) is 3. The maximum absolute atomic E-state index is 5.92. The van der Waals surface area contributed by atoms with E-state index in [9.17, 15) is 0 Å². The van der Waals surface area contributed by atoms with Gasteiger partial charge in [-0.1, -0.05) is 50.0 Å². The molecule has 4 rings (SSSR count). The molecule has 0 saturated heterocycles. The monoisotopic (exact) mass is 364 g/mol. The van der Waals surface area contributed by atoms with Crippen molar-refractivity contribution in [3.8, 4) is 11.5 Å². The zero-order valence-electron chi connectivity index (χ0n) is 15.5. The molecule has 134 valence electrons. The van der Waals surface area contributed by atoms with Crippen LogP contribution in [0.3, 0.4) is 0 Å². The maximum atomic E-state index is 5.92. The molecule has 0 aliphatic heterocycles. The number of nitrogens with zero attached hydrogens (tertiary/aromatic N) is 3. The summed E-state index contributed by atoms with van der Waals surface area (Å²) in [6.45, 7) is 8.33. The van der Waals surface area contributed by atoms with Gasteiger partial charge in [0.1, 0.15) is 12.4 Å². The van der Waals surface area contributed by atoms with Crippen LogP contribution in [0.4, 0.5) is 0 Å². The number of hydrogen-bond donors (Lipinski definition) is 1. The minimum atomic E-state index is -1.09. The highest BCUT2D eigenvalue weighted by atomic mass is 28.3. The predicted octanol–water partition coefficient (Wildman–Crippen LogP) is 4.89. The van der Waals surface area contributed by atoms with Crippen LogP contribution in [-0.4, -0.2) is 34.4 Å². The normalized spacial score (nSPS) is 12.3. The molecular formula is C20H24N4OSi. The number of benzene rings is 2. The Balaban J connectivity index is 1.65. The zero-order chi connectivity index (χ0) is 18.1. The lowest BCUT2D eigenvalue weighted by Crippen LogP contribution is -2.22. The molecule has 2 aromatic heterocycles. The largest absolute Gasteiger partial charge is 0.360 e. The van der Waals surface area contributed by atoms with Crippen LogP contribution in [0.2, 0.25) is 25.7 Å². The quantitative estimate of drug-likeness (QED) is 0.391. The lowest BCUT2D eigenvalue weighted by Gasteiger charge is -2.15. The molecule has 26 heavy (non-hydrogen) atoms. The van der Waals surface area contributed by atoms with E-state index in [2.05, 4.69) is 36.8 Å². The number of nitrogens with one attached hydrogen (secondary N) is 1. The molecule has 0 amide bonds. The number of ether oxygens (including phenoxy) is 1. The molecule has 0 spiro atoms. The Morgan fingerprint density at radius 2 is 1.81 bits per heavy atom. The van der Waals surface area contributed by atoms with Crippen molar-refractivity contribution in [2.24, 2.45) is 0 Å². The minimum Gasteiger partial charge on any atom is -0.360 e. The predicted molar refractivity (Wildman–Crippen MR) is 109 cm³/mol. The van der Waals surface area contributed by atoms with Crippen LogP contribution in [0.15, 0.2) is 48.5 Å². The molecular weight excluding hydrogens is 340 g/mol. The highest BCUT2D eigenvalue weighted by Gasteiger charge is 2.16. The summed E-state index contributed by atoms with van der Waals surface area (Å²) in [4.78, 5) is 8.09.